The van der Waals surface area contributed by atoms with E-state index in [1.165, 1.54) is 11.1 Å². The molecule has 0 unspecified atom stereocenters. The third kappa shape index (κ3) is 0.878. The van der Waals surface area contributed by atoms with Crippen molar-refractivity contribution in [1.82, 2.24) is 5.32 Å². The van der Waals surface area contributed by atoms with Crippen molar-refractivity contribution in [3.8, 4) is 0 Å². The van der Waals surface area contributed by atoms with E-state index in [-0.39, 0.29) is 0 Å². The molecule has 0 atom stereocenters. The molecule has 10 heavy (non-hydrogen) atoms. The van der Waals surface area contributed by atoms with Crippen LogP contribution in [0.5, 0.6) is 0 Å². The van der Waals surface area contributed by atoms with Crippen molar-refractivity contribution in [2.24, 2.45) is 0 Å². The summed E-state index contributed by atoms with van der Waals surface area (Å²) in [6.45, 7) is 0.927. The van der Waals surface area contributed by atoms with Crippen LogP contribution in [0, 0.1) is 0 Å². The van der Waals surface area contributed by atoms with Crippen molar-refractivity contribution in [2.75, 3.05) is 6.54 Å². The average Bonchev–Trinajstić information content (AvgIpc) is 2.05. The smallest absolute Gasteiger partial charge is 0.0608 e. The summed E-state index contributed by atoms with van der Waals surface area (Å²) in [6.07, 6.45) is 10.7. The lowest BCUT2D eigenvalue weighted by Crippen LogP contribution is -2.10. The van der Waals surface area contributed by atoms with Crippen LogP contribution in [0.1, 0.15) is 12.8 Å². The molecule has 0 saturated carbocycles. The Morgan fingerprint density at radius 2 is 2.10 bits per heavy atom. The summed E-state index contributed by atoms with van der Waals surface area (Å²) in [6, 6.07) is 0. The van der Waals surface area contributed by atoms with Gasteiger partial charge in [-0.25, -0.2) is 0 Å². The fourth-order valence-electron chi connectivity index (χ4n) is 1.37. The third-order valence-electron chi connectivity index (χ3n) is 1.99. The molecule has 1 nitrogen and oxygen atoms in total. The van der Waals surface area contributed by atoms with Crippen LogP contribution < -0.4 is 5.32 Å². The summed E-state index contributed by atoms with van der Waals surface area (Å²) in [4.78, 5) is 0. The molecule has 0 spiro atoms. The highest BCUT2D eigenvalue weighted by Crippen LogP contribution is 2.21. The molecule has 0 aromatic heterocycles. The highest BCUT2D eigenvalue weighted by atomic mass is 14.8. The first-order chi connectivity index (χ1) is 4.97. The van der Waals surface area contributed by atoms with Crippen molar-refractivity contribution >= 4 is 0 Å². The Balaban J connectivity index is 2.25. The van der Waals surface area contributed by atoms with Crippen LogP contribution in [0.25, 0.3) is 0 Å². The lowest BCUT2D eigenvalue weighted by atomic mass is 9.95. The zero-order valence-electron chi connectivity index (χ0n) is 5.88. The van der Waals surface area contributed by atoms with Crippen LogP contribution in [-0.2, 0) is 0 Å². The second-order valence-corrected chi connectivity index (χ2v) is 2.66. The number of hydrogen-bond acceptors (Lipinski definition) is 0. The van der Waals surface area contributed by atoms with Crippen LogP contribution in [0.15, 0.2) is 35.6 Å². The van der Waals surface area contributed by atoms with E-state index in [9.17, 15) is 0 Å². The van der Waals surface area contributed by atoms with E-state index < -0.39 is 0 Å². The highest BCUT2D eigenvalue weighted by molar-refractivity contribution is 5.35. The van der Waals surface area contributed by atoms with Gasteiger partial charge in [-0.1, -0.05) is 12.2 Å². The van der Waals surface area contributed by atoms with E-state index in [0.717, 1.165) is 19.4 Å². The monoisotopic (exact) mass is 132 g/mol. The van der Waals surface area contributed by atoms with Crippen molar-refractivity contribution in [2.45, 2.75) is 12.8 Å². The Morgan fingerprint density at radius 1 is 1.20 bits per heavy atom. The normalized spacial score (nSPS) is 22.4. The Hall–Kier alpha value is -0.980. The molecule has 2 aliphatic rings. The third-order valence-corrected chi connectivity index (χ3v) is 1.99. The molecule has 2 rings (SSSR count). The van der Waals surface area contributed by atoms with Gasteiger partial charge in [-0.15, -0.1) is 0 Å². The molecule has 1 radical (unpaired) electrons. The SMILES string of the molecule is C1=CCC2=C(C=C[N]C2)C1. The largest absolute Gasteiger partial charge is 0.289 e. The van der Waals surface area contributed by atoms with Crippen molar-refractivity contribution in [3.05, 3.63) is 35.6 Å². The zero-order chi connectivity index (χ0) is 6.81. The van der Waals surface area contributed by atoms with E-state index in [4.69, 9.17) is 0 Å². The minimum Gasteiger partial charge on any atom is -0.289 e. The first kappa shape index (κ1) is 5.78. The summed E-state index contributed by atoms with van der Waals surface area (Å²) < 4.78 is 0. The second-order valence-electron chi connectivity index (χ2n) is 2.66. The van der Waals surface area contributed by atoms with Gasteiger partial charge in [-0.3, -0.25) is 5.32 Å². The lowest BCUT2D eigenvalue weighted by Gasteiger charge is -2.16. The molecule has 0 saturated heterocycles. The maximum Gasteiger partial charge on any atom is 0.0608 e. The van der Waals surface area contributed by atoms with Crippen LogP contribution in [-0.4, -0.2) is 6.54 Å². The van der Waals surface area contributed by atoms with E-state index >= 15 is 0 Å². The molecule has 1 aliphatic heterocycles. The highest BCUT2D eigenvalue weighted by Gasteiger charge is 2.08. The fourth-order valence-corrected chi connectivity index (χ4v) is 1.37. The average molecular weight is 132 g/mol. The van der Waals surface area contributed by atoms with Crippen molar-refractivity contribution in [3.63, 3.8) is 0 Å². The quantitative estimate of drug-likeness (QED) is 0.446. The molecule has 0 aromatic rings. The molecule has 51 valence electrons. The summed E-state index contributed by atoms with van der Waals surface area (Å²) in [7, 11) is 0. The Labute approximate surface area is 61.1 Å². The van der Waals surface area contributed by atoms with Crippen molar-refractivity contribution in [1.29, 1.82) is 0 Å². The van der Waals surface area contributed by atoms with Crippen LogP contribution >= 0.6 is 0 Å². The van der Waals surface area contributed by atoms with Gasteiger partial charge in [0, 0.05) is 6.20 Å². The molecule has 1 aliphatic carbocycles. The van der Waals surface area contributed by atoms with E-state index in [1.54, 1.807) is 0 Å². The number of hydrogen-bond donors (Lipinski definition) is 0. The maximum atomic E-state index is 4.19. The van der Waals surface area contributed by atoms with Crippen LogP contribution in [0.3, 0.4) is 0 Å². The molecule has 0 bridgehead atoms. The van der Waals surface area contributed by atoms with Gasteiger partial charge in [0.25, 0.3) is 0 Å². The van der Waals surface area contributed by atoms with Gasteiger partial charge in [-0.2, -0.15) is 0 Å². The van der Waals surface area contributed by atoms with Crippen molar-refractivity contribution < 1.29 is 0 Å². The van der Waals surface area contributed by atoms with E-state index in [1.807, 2.05) is 6.20 Å². The van der Waals surface area contributed by atoms with Gasteiger partial charge in [0.15, 0.2) is 0 Å². The summed E-state index contributed by atoms with van der Waals surface area (Å²) in [5.41, 5.74) is 2.99. The molecular formula is C9H10N. The topological polar surface area (TPSA) is 14.1 Å². The van der Waals surface area contributed by atoms with Gasteiger partial charge < -0.3 is 0 Å². The Kier molecular flexibility index (Phi) is 1.35. The van der Waals surface area contributed by atoms with Gasteiger partial charge in [0.1, 0.15) is 0 Å². The van der Waals surface area contributed by atoms with Gasteiger partial charge in [0.2, 0.25) is 0 Å². The minimum atomic E-state index is 0.927. The summed E-state index contributed by atoms with van der Waals surface area (Å²) >= 11 is 0. The molecule has 1 heterocycles. The van der Waals surface area contributed by atoms with Gasteiger partial charge >= 0.3 is 0 Å². The number of nitrogens with zero attached hydrogens (tertiary/aromatic N) is 1. The van der Waals surface area contributed by atoms with E-state index in [0.29, 0.717) is 0 Å². The van der Waals surface area contributed by atoms with Gasteiger partial charge in [0.05, 0.1) is 6.54 Å². The standard InChI is InChI=1S/C9H10N/c1-2-4-9-7-10-6-5-8(9)3-1/h1-2,5-6H,3-4,7H2. The predicted molar refractivity (Wildman–Crippen MR) is 41.5 cm³/mol. The van der Waals surface area contributed by atoms with Crippen LogP contribution in [0.4, 0.5) is 0 Å². The van der Waals surface area contributed by atoms with Gasteiger partial charge in [-0.05, 0) is 30.1 Å². The predicted octanol–water partition coefficient (Wildman–Crippen LogP) is 1.76. The first-order valence-electron chi connectivity index (χ1n) is 3.66. The van der Waals surface area contributed by atoms with E-state index in [2.05, 4.69) is 23.5 Å². The maximum absolute atomic E-state index is 4.19. The molecule has 0 amide bonds. The Bertz CT molecular complexity index is 221. The molecule has 0 aromatic carbocycles. The zero-order valence-corrected chi connectivity index (χ0v) is 5.88. The molecule has 0 fully saturated rings. The molecule has 1 heteroatoms. The molecule has 0 N–H and O–H groups in total. The minimum absolute atomic E-state index is 0.927. The lowest BCUT2D eigenvalue weighted by molar-refractivity contribution is 0.843. The Morgan fingerprint density at radius 3 is 3.00 bits per heavy atom. The second kappa shape index (κ2) is 2.33. The first-order valence-corrected chi connectivity index (χ1v) is 3.66. The number of rotatable bonds is 0. The number of allylic oxidation sites excluding steroid dienone is 4. The molecular weight excluding hydrogens is 122 g/mol. The fraction of sp³-hybridized carbons (Fsp3) is 0.333. The summed E-state index contributed by atoms with van der Waals surface area (Å²) in [5, 5.41) is 4.19. The summed E-state index contributed by atoms with van der Waals surface area (Å²) in [5.74, 6) is 0. The van der Waals surface area contributed by atoms with Crippen LogP contribution in [0.2, 0.25) is 0 Å².